The lowest BCUT2D eigenvalue weighted by molar-refractivity contribution is -0.193. The topological polar surface area (TPSA) is 125 Å². The second-order valence-electron chi connectivity index (χ2n) is 10.7. The predicted molar refractivity (Wildman–Crippen MR) is 143 cm³/mol. The zero-order valence-electron chi connectivity index (χ0n) is 22.1. The number of nitrogens with zero attached hydrogens (tertiary/aromatic N) is 1. The number of nitrogens with one attached hydrogen (secondary N) is 3. The Morgan fingerprint density at radius 3 is 2.62 bits per heavy atom. The van der Waals surface area contributed by atoms with Crippen LogP contribution in [0, 0.1) is 18.8 Å². The monoisotopic (exact) mass is 604 g/mol. The lowest BCUT2D eigenvalue weighted by atomic mass is 9.71. The number of fused-ring (bicyclic) bond motifs is 3. The minimum atomic E-state index is -4.26. The van der Waals surface area contributed by atoms with Gasteiger partial charge in [0.05, 0.1) is 18.5 Å². The van der Waals surface area contributed by atoms with Gasteiger partial charge in [-0.2, -0.15) is 4.39 Å². The Morgan fingerprint density at radius 1 is 1.27 bits per heavy atom. The van der Waals surface area contributed by atoms with Crippen molar-refractivity contribution in [3.05, 3.63) is 40.0 Å². The number of hydrogen-bond acceptors (Lipinski definition) is 6. The summed E-state index contributed by atoms with van der Waals surface area (Å²) in [5.41, 5.74) is 1.27. The molecule has 40 heavy (non-hydrogen) atoms. The maximum Gasteiger partial charge on any atom is 0.255 e. The highest BCUT2D eigenvalue weighted by Gasteiger charge is 2.60. The van der Waals surface area contributed by atoms with Gasteiger partial charge in [0.1, 0.15) is 6.04 Å². The highest BCUT2D eigenvalue weighted by Crippen LogP contribution is 2.49. The molecule has 1 aliphatic carbocycles. The van der Waals surface area contributed by atoms with Crippen LogP contribution >= 0.6 is 11.6 Å². The minimum Gasteiger partial charge on any atom is -0.376 e. The van der Waals surface area contributed by atoms with Crippen LogP contribution in [-0.2, 0) is 24.2 Å². The summed E-state index contributed by atoms with van der Waals surface area (Å²) in [6.07, 6.45) is 1.27. The molecule has 3 N–H and O–H groups in total. The molecule has 0 unspecified atom stereocenters. The average Bonchev–Trinajstić information content (AvgIpc) is 3.27. The third-order valence-electron chi connectivity index (χ3n) is 7.91. The largest absolute Gasteiger partial charge is 0.376 e. The summed E-state index contributed by atoms with van der Waals surface area (Å²) in [4.78, 5) is 40.3. The summed E-state index contributed by atoms with van der Waals surface area (Å²) in [7, 11) is -4.26. The number of amides is 3. The van der Waals surface area contributed by atoms with E-state index < -0.39 is 69.1 Å². The van der Waals surface area contributed by atoms with Crippen LogP contribution in [-0.4, -0.2) is 74.4 Å². The first-order chi connectivity index (χ1) is 18.7. The molecule has 220 valence electrons. The summed E-state index contributed by atoms with van der Waals surface area (Å²) in [5, 5.41) is 7.01. The number of anilines is 1. The number of halogens is 4. The van der Waals surface area contributed by atoms with Crippen LogP contribution in [0.1, 0.15) is 37.7 Å². The third-order valence-corrected chi connectivity index (χ3v) is 9.16. The van der Waals surface area contributed by atoms with Gasteiger partial charge in [-0.1, -0.05) is 17.7 Å². The molecule has 4 aliphatic rings. The fourth-order valence-electron chi connectivity index (χ4n) is 5.82. The van der Waals surface area contributed by atoms with E-state index >= 15 is 8.78 Å². The number of carbonyl (C=O) groups is 3. The number of sulfone groups is 1. The summed E-state index contributed by atoms with van der Waals surface area (Å²) in [5.74, 6) is -7.20. The van der Waals surface area contributed by atoms with Crippen molar-refractivity contribution in [3.63, 3.8) is 0 Å². The van der Waals surface area contributed by atoms with Crippen molar-refractivity contribution >= 4 is 44.8 Å². The van der Waals surface area contributed by atoms with Crippen LogP contribution in [0.5, 0.6) is 0 Å². The van der Waals surface area contributed by atoms with Crippen LogP contribution in [0.2, 0.25) is 5.02 Å². The van der Waals surface area contributed by atoms with Gasteiger partial charge in [0.2, 0.25) is 32.7 Å². The second kappa shape index (κ2) is 11.6. The van der Waals surface area contributed by atoms with Gasteiger partial charge in [-0.05, 0) is 56.4 Å². The Labute approximate surface area is 235 Å². The molecule has 4 fully saturated rings. The molecule has 5 rings (SSSR count). The van der Waals surface area contributed by atoms with E-state index in [4.69, 9.17) is 11.6 Å². The molecular formula is C26H32ClF3N4O5S. The van der Waals surface area contributed by atoms with Gasteiger partial charge >= 0.3 is 0 Å². The SMILES string of the molecule is Cc1c(Cl)cccc1NCC(=O)N1[C@@H]2CC[C@H]([C@@H]1C(=O)N[C@H](/C=C(\F)S(C)(=O)=O)C[C@H]1CCNC1=O)C(F)(F)C2. The van der Waals surface area contributed by atoms with E-state index in [0.717, 1.165) is 0 Å². The summed E-state index contributed by atoms with van der Waals surface area (Å²) in [6.45, 7) is 1.83. The van der Waals surface area contributed by atoms with Crippen LogP contribution in [0.25, 0.3) is 0 Å². The molecular weight excluding hydrogens is 573 g/mol. The number of rotatable bonds is 9. The summed E-state index contributed by atoms with van der Waals surface area (Å²) >= 11 is 6.14. The summed E-state index contributed by atoms with van der Waals surface area (Å²) in [6, 6.07) is 1.34. The van der Waals surface area contributed by atoms with Gasteiger partial charge in [-0.15, -0.1) is 0 Å². The number of carbonyl (C=O) groups excluding carboxylic acids is 3. The molecule has 0 radical (unpaired) electrons. The molecule has 1 saturated carbocycles. The van der Waals surface area contributed by atoms with E-state index in [2.05, 4.69) is 16.0 Å². The first kappa shape index (κ1) is 30.2. The molecule has 1 aromatic carbocycles. The van der Waals surface area contributed by atoms with Crippen molar-refractivity contribution in [2.75, 3.05) is 24.7 Å². The minimum absolute atomic E-state index is 0.00357. The van der Waals surface area contributed by atoms with Crippen LogP contribution in [0.4, 0.5) is 18.9 Å². The van der Waals surface area contributed by atoms with Crippen LogP contribution in [0.3, 0.4) is 0 Å². The molecule has 3 heterocycles. The van der Waals surface area contributed by atoms with Gasteiger partial charge in [0.25, 0.3) is 5.92 Å². The van der Waals surface area contributed by atoms with Crippen LogP contribution in [0.15, 0.2) is 29.4 Å². The first-order valence-corrected chi connectivity index (χ1v) is 15.3. The zero-order valence-corrected chi connectivity index (χ0v) is 23.6. The number of alkyl halides is 2. The summed E-state index contributed by atoms with van der Waals surface area (Å²) < 4.78 is 67.9. The van der Waals surface area contributed by atoms with E-state index in [9.17, 15) is 27.2 Å². The van der Waals surface area contributed by atoms with Gasteiger partial charge < -0.3 is 20.9 Å². The van der Waals surface area contributed by atoms with Crippen molar-refractivity contribution in [1.29, 1.82) is 0 Å². The van der Waals surface area contributed by atoms with Crippen molar-refractivity contribution in [2.24, 2.45) is 11.8 Å². The van der Waals surface area contributed by atoms with Crippen molar-refractivity contribution in [3.8, 4) is 0 Å². The smallest absolute Gasteiger partial charge is 0.255 e. The van der Waals surface area contributed by atoms with Gasteiger partial charge in [0.15, 0.2) is 0 Å². The molecule has 0 aromatic heterocycles. The van der Waals surface area contributed by atoms with E-state index in [-0.39, 0.29) is 25.3 Å². The average molecular weight is 605 g/mol. The molecule has 9 nitrogen and oxygen atoms in total. The molecule has 2 bridgehead atoms. The normalized spacial score (nSPS) is 26.8. The lowest BCUT2D eigenvalue weighted by Gasteiger charge is -2.53. The molecule has 3 aliphatic heterocycles. The Hall–Kier alpha value is -2.80. The Kier molecular flexibility index (Phi) is 8.74. The molecule has 3 amide bonds. The van der Waals surface area contributed by atoms with Gasteiger partial charge in [-0.25, -0.2) is 17.2 Å². The predicted octanol–water partition coefficient (Wildman–Crippen LogP) is 2.94. The quantitative estimate of drug-likeness (QED) is 0.398. The molecule has 5 atom stereocenters. The maximum atomic E-state index is 15.0. The number of piperidine rings is 2. The highest BCUT2D eigenvalue weighted by molar-refractivity contribution is 7.94. The van der Waals surface area contributed by atoms with Crippen molar-refractivity contribution < 1.29 is 36.0 Å². The van der Waals surface area contributed by atoms with Gasteiger partial charge in [-0.3, -0.25) is 14.4 Å². The fraction of sp³-hybridized carbons (Fsp3) is 0.577. The standard InChI is InChI=1S/C26H32ClF3N4O5S/c1-14-19(27)4-3-5-20(14)32-13-22(35)34-17-6-7-18(26(29,30)12-17)23(34)25(37)33-16(11-21(28)40(2,38)39)10-15-8-9-31-24(15)36/h3-5,11,15-18,23,32H,6-10,12-13H2,1-2H3,(H,31,36)(H,33,37)/b21-11+/t15-,16+,17-,18-,23-/m1/s1. The van der Waals surface area contributed by atoms with E-state index in [1.165, 1.54) is 4.90 Å². The molecule has 14 heteroatoms. The first-order valence-electron chi connectivity index (χ1n) is 13.0. The molecule has 0 spiro atoms. The Bertz CT molecular complexity index is 1330. The Balaban J connectivity index is 1.59. The van der Waals surface area contributed by atoms with Crippen molar-refractivity contribution in [2.45, 2.75) is 63.1 Å². The van der Waals surface area contributed by atoms with Crippen molar-refractivity contribution in [1.82, 2.24) is 15.5 Å². The number of hydrogen-bond donors (Lipinski definition) is 3. The fourth-order valence-corrected chi connectivity index (χ4v) is 6.41. The third kappa shape index (κ3) is 6.40. The Morgan fingerprint density at radius 2 is 2.00 bits per heavy atom. The van der Waals surface area contributed by atoms with E-state index in [0.29, 0.717) is 48.0 Å². The molecule has 3 saturated heterocycles. The lowest BCUT2D eigenvalue weighted by Crippen LogP contribution is -2.69. The maximum absolute atomic E-state index is 15.0. The number of benzene rings is 1. The molecule has 1 aromatic rings. The van der Waals surface area contributed by atoms with Crippen LogP contribution < -0.4 is 16.0 Å². The zero-order chi connectivity index (χ0) is 29.4. The van der Waals surface area contributed by atoms with E-state index in [1.807, 2.05) is 0 Å². The second-order valence-corrected chi connectivity index (χ2v) is 13.0. The van der Waals surface area contributed by atoms with Gasteiger partial charge in [0, 0.05) is 41.9 Å². The van der Waals surface area contributed by atoms with E-state index in [1.54, 1.807) is 25.1 Å². The highest BCUT2D eigenvalue weighted by atomic mass is 35.5.